The Bertz CT molecular complexity index is 1420. The molecule has 0 radical (unpaired) electrons. The predicted octanol–water partition coefficient (Wildman–Crippen LogP) is -1.10. The largest absolute Gasteiger partial charge is 0.508 e. The number of phenolic OH excluding ortho intramolecular Hbond substituents is 2. The van der Waals surface area contributed by atoms with E-state index in [1.807, 2.05) is 0 Å². The third-order valence-corrected chi connectivity index (χ3v) is 7.11. The van der Waals surface area contributed by atoms with Gasteiger partial charge >= 0.3 is 0 Å². The van der Waals surface area contributed by atoms with E-state index in [-0.39, 0.29) is 28.2 Å². The molecule has 0 saturated carbocycles. The number of aliphatic hydroxyl groups is 6. The second-order valence-corrected chi connectivity index (χ2v) is 9.94. The summed E-state index contributed by atoms with van der Waals surface area (Å²) in [4.78, 5) is 12.7. The molecular formula is C27H30O14. The molecule has 41 heavy (non-hydrogen) atoms. The van der Waals surface area contributed by atoms with E-state index in [9.17, 15) is 45.6 Å². The van der Waals surface area contributed by atoms with Crippen LogP contribution in [0, 0.1) is 0 Å². The van der Waals surface area contributed by atoms with E-state index in [2.05, 4.69) is 0 Å². The number of phenols is 2. The van der Waals surface area contributed by atoms with Crippen LogP contribution in [-0.4, -0.2) is 109 Å². The van der Waals surface area contributed by atoms with Crippen LogP contribution < -0.4 is 10.2 Å². The van der Waals surface area contributed by atoms with E-state index >= 15 is 0 Å². The first kappa shape index (κ1) is 29.2. The minimum Gasteiger partial charge on any atom is -0.508 e. The molecule has 1 aromatic heterocycles. The zero-order chi connectivity index (χ0) is 29.6. The Hall–Kier alpha value is -3.31. The van der Waals surface area contributed by atoms with Crippen LogP contribution in [0.2, 0.25) is 0 Å². The van der Waals surface area contributed by atoms with Crippen molar-refractivity contribution < 1.29 is 64.2 Å². The Balaban J connectivity index is 1.37. The molecule has 2 aliphatic heterocycles. The minimum absolute atomic E-state index is 0.0145. The minimum atomic E-state index is -1.79. The van der Waals surface area contributed by atoms with E-state index in [0.717, 1.165) is 6.07 Å². The molecule has 2 fully saturated rings. The average molecular weight is 579 g/mol. The number of ether oxygens (including phenoxy) is 4. The summed E-state index contributed by atoms with van der Waals surface area (Å²) in [5.41, 5.74) is -0.149. The Kier molecular flexibility index (Phi) is 8.20. The van der Waals surface area contributed by atoms with Gasteiger partial charge in [0.2, 0.25) is 6.29 Å². The first-order chi connectivity index (χ1) is 19.5. The van der Waals surface area contributed by atoms with Crippen LogP contribution in [-0.2, 0) is 14.2 Å². The zero-order valence-electron chi connectivity index (χ0n) is 21.5. The van der Waals surface area contributed by atoms with Crippen molar-refractivity contribution in [3.63, 3.8) is 0 Å². The van der Waals surface area contributed by atoms with Crippen LogP contribution in [0.5, 0.6) is 17.2 Å². The molecule has 0 aliphatic carbocycles. The Morgan fingerprint density at radius 1 is 0.829 bits per heavy atom. The Morgan fingerprint density at radius 3 is 2.20 bits per heavy atom. The molecule has 2 saturated heterocycles. The van der Waals surface area contributed by atoms with Gasteiger partial charge < -0.3 is 64.2 Å². The number of fused-ring (bicyclic) bond motifs is 1. The third kappa shape index (κ3) is 5.61. The van der Waals surface area contributed by atoms with Gasteiger partial charge in [-0.25, -0.2) is 0 Å². The Morgan fingerprint density at radius 2 is 1.51 bits per heavy atom. The second kappa shape index (κ2) is 11.5. The van der Waals surface area contributed by atoms with Crippen LogP contribution in [0.4, 0.5) is 0 Å². The fraction of sp³-hybridized carbons (Fsp3) is 0.444. The van der Waals surface area contributed by atoms with Crippen molar-refractivity contribution in [3.8, 4) is 28.6 Å². The van der Waals surface area contributed by atoms with Crippen molar-refractivity contribution in [1.29, 1.82) is 0 Å². The topological polar surface area (TPSA) is 229 Å². The Labute approximate surface area is 231 Å². The summed E-state index contributed by atoms with van der Waals surface area (Å²) in [5.74, 6) is -0.457. The summed E-state index contributed by atoms with van der Waals surface area (Å²) >= 11 is 0. The second-order valence-electron chi connectivity index (χ2n) is 9.94. The smallest absolute Gasteiger partial charge is 0.229 e. The van der Waals surface area contributed by atoms with Gasteiger partial charge in [-0.15, -0.1) is 0 Å². The van der Waals surface area contributed by atoms with Crippen LogP contribution in [0.25, 0.3) is 22.3 Å². The van der Waals surface area contributed by atoms with Crippen molar-refractivity contribution in [2.45, 2.75) is 68.3 Å². The maximum atomic E-state index is 12.7. The molecule has 0 unspecified atom stereocenters. The molecule has 3 heterocycles. The molecule has 222 valence electrons. The van der Waals surface area contributed by atoms with Gasteiger partial charge in [0.1, 0.15) is 76.7 Å². The molecule has 2 aliphatic rings. The monoisotopic (exact) mass is 578 g/mol. The van der Waals surface area contributed by atoms with Gasteiger partial charge in [0.05, 0.1) is 12.7 Å². The number of rotatable bonds is 6. The fourth-order valence-electron chi connectivity index (χ4n) is 4.81. The van der Waals surface area contributed by atoms with Crippen LogP contribution >= 0.6 is 0 Å². The molecule has 5 rings (SSSR count). The highest BCUT2D eigenvalue weighted by Crippen LogP contribution is 2.34. The highest BCUT2D eigenvalue weighted by molar-refractivity contribution is 5.86. The normalized spacial score (nSPS) is 34.0. The van der Waals surface area contributed by atoms with Crippen molar-refractivity contribution >= 4 is 11.0 Å². The molecule has 0 spiro atoms. The molecule has 3 aromatic rings. The van der Waals surface area contributed by atoms with Gasteiger partial charge in [-0.1, -0.05) is 0 Å². The van der Waals surface area contributed by atoms with Gasteiger partial charge in [0, 0.05) is 23.8 Å². The van der Waals surface area contributed by atoms with E-state index in [1.165, 1.54) is 43.3 Å². The molecule has 0 amide bonds. The van der Waals surface area contributed by atoms with Gasteiger partial charge in [0.15, 0.2) is 11.7 Å². The zero-order valence-corrected chi connectivity index (χ0v) is 21.5. The lowest BCUT2D eigenvalue weighted by Crippen LogP contribution is -2.64. The van der Waals surface area contributed by atoms with Crippen LogP contribution in [0.1, 0.15) is 6.92 Å². The third-order valence-electron chi connectivity index (χ3n) is 7.11. The van der Waals surface area contributed by atoms with Gasteiger partial charge in [-0.3, -0.25) is 4.79 Å². The quantitative estimate of drug-likeness (QED) is 0.174. The van der Waals surface area contributed by atoms with Crippen LogP contribution in [0.15, 0.2) is 51.7 Å². The lowest BCUT2D eigenvalue weighted by atomic mass is 9.97. The maximum Gasteiger partial charge on any atom is 0.229 e. The SMILES string of the molecule is C[C@H]1O[C@@H](O[C@@H]2[C@@H](O)[C@H](O)[C@@H](Oc3cc(O)c4c(=O)cc(-c5ccc(O)cc5)oc4c3)O[C@H]2CO)[C@@H](O)[C@@H](O)[C@@H]1O. The summed E-state index contributed by atoms with van der Waals surface area (Å²) in [6, 6.07) is 9.40. The first-order valence-corrected chi connectivity index (χ1v) is 12.7. The molecular weight excluding hydrogens is 548 g/mol. The summed E-state index contributed by atoms with van der Waals surface area (Å²) in [6.45, 7) is 0.701. The standard InChI is InChI=1S/C27H30O14/c1-10-20(32)21(33)23(35)26(37-10)41-25-18(9-28)40-27(24(36)22(25)34)38-13-6-14(30)19-15(31)8-16(39-17(19)7-13)11-2-4-12(29)5-3-11/h2-8,10,18,20-30,32-36H,9H2,1H3/t10-,18+,20-,21+,22+,23+,24+,25+,26+,27+/m1/s1. The highest BCUT2D eigenvalue weighted by atomic mass is 16.7. The summed E-state index contributed by atoms with van der Waals surface area (Å²) in [5, 5.41) is 81.6. The van der Waals surface area contributed by atoms with Gasteiger partial charge in [-0.2, -0.15) is 0 Å². The van der Waals surface area contributed by atoms with Crippen LogP contribution in [0.3, 0.4) is 0 Å². The van der Waals surface area contributed by atoms with Gasteiger partial charge in [0.25, 0.3) is 0 Å². The molecule has 2 aromatic carbocycles. The van der Waals surface area contributed by atoms with E-state index < -0.39 is 79.2 Å². The first-order valence-electron chi connectivity index (χ1n) is 12.7. The summed E-state index contributed by atoms with van der Waals surface area (Å²) in [6.07, 6.45) is -15.1. The average Bonchev–Trinajstić information content (AvgIpc) is 2.94. The number of hydrogen-bond donors (Lipinski definition) is 8. The number of hydrogen-bond acceptors (Lipinski definition) is 14. The lowest BCUT2D eigenvalue weighted by molar-refractivity contribution is -0.349. The lowest BCUT2D eigenvalue weighted by Gasteiger charge is -2.45. The van der Waals surface area contributed by atoms with E-state index in [0.29, 0.717) is 5.56 Å². The number of benzene rings is 2. The summed E-state index contributed by atoms with van der Waals surface area (Å²) in [7, 11) is 0. The molecule has 8 N–H and O–H groups in total. The summed E-state index contributed by atoms with van der Waals surface area (Å²) < 4.78 is 28.0. The maximum absolute atomic E-state index is 12.7. The van der Waals surface area contributed by atoms with Crippen molar-refractivity contribution in [2.24, 2.45) is 0 Å². The van der Waals surface area contributed by atoms with Crippen molar-refractivity contribution in [2.75, 3.05) is 6.61 Å². The molecule has 0 bridgehead atoms. The van der Waals surface area contributed by atoms with Crippen molar-refractivity contribution in [1.82, 2.24) is 0 Å². The molecule has 14 nitrogen and oxygen atoms in total. The van der Waals surface area contributed by atoms with E-state index in [4.69, 9.17) is 23.4 Å². The van der Waals surface area contributed by atoms with Crippen molar-refractivity contribution in [3.05, 3.63) is 52.7 Å². The number of aromatic hydroxyl groups is 2. The molecule has 14 heteroatoms. The van der Waals surface area contributed by atoms with Gasteiger partial charge in [-0.05, 0) is 31.2 Å². The van der Waals surface area contributed by atoms with E-state index in [1.54, 1.807) is 0 Å². The fourth-order valence-corrected chi connectivity index (χ4v) is 4.81. The predicted molar refractivity (Wildman–Crippen MR) is 137 cm³/mol. The highest BCUT2D eigenvalue weighted by Gasteiger charge is 2.50. The molecule has 10 atom stereocenters. The number of aliphatic hydroxyl groups excluding tert-OH is 6.